The minimum absolute atomic E-state index is 0.0521. The predicted octanol–water partition coefficient (Wildman–Crippen LogP) is 2.93. The van der Waals surface area contributed by atoms with Crippen molar-refractivity contribution in [3.63, 3.8) is 0 Å². The molecule has 18 heavy (non-hydrogen) atoms. The molecule has 7 heteroatoms. The highest BCUT2D eigenvalue weighted by Crippen LogP contribution is 2.21. The lowest BCUT2D eigenvalue weighted by Crippen LogP contribution is -2.05. The molecule has 0 aliphatic carbocycles. The molecule has 4 nitrogen and oxygen atoms in total. The van der Waals surface area contributed by atoms with Crippen LogP contribution in [0.1, 0.15) is 11.3 Å². The molecule has 0 spiro atoms. The Hall–Kier alpha value is -0.850. The van der Waals surface area contributed by atoms with Crippen LogP contribution in [-0.4, -0.2) is 18.2 Å². The number of hydrogen-bond acceptors (Lipinski definition) is 3. The highest BCUT2D eigenvalue weighted by molar-refractivity contribution is 9.10. The van der Waals surface area contributed by atoms with Crippen LogP contribution in [0.5, 0.6) is 0 Å². The molecular formula is C11H10BrClN2O2S. The van der Waals surface area contributed by atoms with Gasteiger partial charge in [-0.2, -0.15) is 5.10 Å². The molecule has 0 aliphatic rings. The van der Waals surface area contributed by atoms with Gasteiger partial charge in [-0.05, 0) is 18.6 Å². The summed E-state index contributed by atoms with van der Waals surface area (Å²) in [5.74, 6) is 0. The van der Waals surface area contributed by atoms with Crippen LogP contribution in [0.3, 0.4) is 0 Å². The number of rotatable bonds is 3. The zero-order valence-electron chi connectivity index (χ0n) is 9.47. The molecule has 0 saturated carbocycles. The van der Waals surface area contributed by atoms with Crippen LogP contribution in [0.4, 0.5) is 0 Å². The van der Waals surface area contributed by atoms with E-state index in [1.165, 1.54) is 6.20 Å². The summed E-state index contributed by atoms with van der Waals surface area (Å²) in [4.78, 5) is 0.0521. The topological polar surface area (TPSA) is 52.0 Å². The van der Waals surface area contributed by atoms with Gasteiger partial charge in [-0.3, -0.25) is 4.68 Å². The van der Waals surface area contributed by atoms with Crippen LogP contribution in [0, 0.1) is 6.92 Å². The van der Waals surface area contributed by atoms with Gasteiger partial charge in [-0.25, -0.2) is 8.42 Å². The van der Waals surface area contributed by atoms with Crippen molar-refractivity contribution in [2.24, 2.45) is 0 Å². The Kier molecular flexibility index (Phi) is 3.79. The molecule has 0 radical (unpaired) electrons. The lowest BCUT2D eigenvalue weighted by Gasteiger charge is -2.06. The first-order chi connectivity index (χ1) is 8.39. The molecule has 0 bridgehead atoms. The molecule has 0 N–H and O–H groups in total. The highest BCUT2D eigenvalue weighted by atomic mass is 79.9. The van der Waals surface area contributed by atoms with Crippen molar-refractivity contribution in [3.05, 3.63) is 46.2 Å². The Morgan fingerprint density at radius 1 is 1.39 bits per heavy atom. The van der Waals surface area contributed by atoms with Crippen molar-refractivity contribution in [2.75, 3.05) is 0 Å². The molecule has 0 unspecified atom stereocenters. The molecule has 2 rings (SSSR count). The van der Waals surface area contributed by atoms with Gasteiger partial charge in [0.15, 0.2) is 0 Å². The van der Waals surface area contributed by atoms with E-state index in [0.29, 0.717) is 12.2 Å². The summed E-state index contributed by atoms with van der Waals surface area (Å²) < 4.78 is 25.1. The fourth-order valence-corrected chi connectivity index (χ4v) is 3.11. The second-order valence-corrected chi connectivity index (χ2v) is 7.17. The van der Waals surface area contributed by atoms with Crippen LogP contribution in [-0.2, 0) is 15.6 Å². The van der Waals surface area contributed by atoms with Crippen LogP contribution in [0.15, 0.2) is 39.8 Å². The minimum Gasteiger partial charge on any atom is -0.264 e. The minimum atomic E-state index is -3.74. The van der Waals surface area contributed by atoms with Crippen LogP contribution < -0.4 is 0 Å². The normalized spacial score (nSPS) is 11.7. The molecule has 0 amide bonds. The average molecular weight is 350 g/mol. The van der Waals surface area contributed by atoms with Gasteiger partial charge >= 0.3 is 0 Å². The van der Waals surface area contributed by atoms with Gasteiger partial charge < -0.3 is 0 Å². The summed E-state index contributed by atoms with van der Waals surface area (Å²) in [5, 5.41) is 4.05. The maximum atomic E-state index is 11.3. The highest BCUT2D eigenvalue weighted by Gasteiger charge is 2.18. The first-order valence-corrected chi connectivity index (χ1v) is 8.20. The third-order valence-corrected chi connectivity index (χ3v) is 4.80. The fourth-order valence-electron chi connectivity index (χ4n) is 1.62. The van der Waals surface area contributed by atoms with E-state index in [1.54, 1.807) is 11.6 Å². The lowest BCUT2D eigenvalue weighted by atomic mass is 10.2. The summed E-state index contributed by atoms with van der Waals surface area (Å²) in [7, 11) is 1.58. The van der Waals surface area contributed by atoms with E-state index in [0.717, 1.165) is 10.0 Å². The Bertz CT molecular complexity index is 682. The third kappa shape index (κ3) is 2.76. The van der Waals surface area contributed by atoms with Crippen molar-refractivity contribution in [2.45, 2.75) is 18.4 Å². The van der Waals surface area contributed by atoms with Crippen molar-refractivity contribution in [1.82, 2.24) is 9.78 Å². The fraction of sp³-hybridized carbons (Fsp3) is 0.182. The quantitative estimate of drug-likeness (QED) is 0.801. The van der Waals surface area contributed by atoms with E-state index >= 15 is 0 Å². The monoisotopic (exact) mass is 348 g/mol. The second-order valence-electron chi connectivity index (χ2n) is 3.78. The molecule has 0 saturated heterocycles. The SMILES string of the molecule is Cc1c(S(=O)(=O)Cl)cnn1Cc1ccccc1Br. The number of nitrogens with zero attached hydrogens (tertiary/aromatic N) is 2. The average Bonchev–Trinajstić information content (AvgIpc) is 2.63. The number of benzene rings is 1. The summed E-state index contributed by atoms with van der Waals surface area (Å²) in [6.07, 6.45) is 1.27. The molecule has 1 heterocycles. The summed E-state index contributed by atoms with van der Waals surface area (Å²) in [6.45, 7) is 2.17. The first-order valence-electron chi connectivity index (χ1n) is 5.10. The van der Waals surface area contributed by atoms with Crippen molar-refractivity contribution < 1.29 is 8.42 Å². The van der Waals surface area contributed by atoms with E-state index < -0.39 is 9.05 Å². The van der Waals surface area contributed by atoms with E-state index in [1.807, 2.05) is 24.3 Å². The molecule has 96 valence electrons. The predicted molar refractivity (Wildman–Crippen MR) is 73.2 cm³/mol. The van der Waals surface area contributed by atoms with Gasteiger partial charge in [-0.15, -0.1) is 0 Å². The second kappa shape index (κ2) is 5.03. The van der Waals surface area contributed by atoms with Crippen molar-refractivity contribution >= 4 is 35.7 Å². The van der Waals surface area contributed by atoms with Crippen LogP contribution >= 0.6 is 26.6 Å². The third-order valence-electron chi connectivity index (χ3n) is 2.60. The van der Waals surface area contributed by atoms with Gasteiger partial charge in [0.1, 0.15) is 4.90 Å². The van der Waals surface area contributed by atoms with Gasteiger partial charge in [0.05, 0.1) is 18.4 Å². The number of aromatic nitrogens is 2. The molecular weight excluding hydrogens is 340 g/mol. The van der Waals surface area contributed by atoms with Gasteiger partial charge in [0.2, 0.25) is 0 Å². The molecule has 1 aromatic heterocycles. The van der Waals surface area contributed by atoms with Crippen LogP contribution in [0.25, 0.3) is 0 Å². The standard InChI is InChI=1S/C11H10BrClN2O2S/c1-8-11(18(13,16)17)6-14-15(8)7-9-4-2-3-5-10(9)12/h2-6H,7H2,1H3. The van der Waals surface area contributed by atoms with Gasteiger partial charge in [0, 0.05) is 15.2 Å². The first kappa shape index (κ1) is 13.6. The van der Waals surface area contributed by atoms with Gasteiger partial charge in [0.25, 0.3) is 9.05 Å². The zero-order valence-corrected chi connectivity index (χ0v) is 12.6. The Morgan fingerprint density at radius 2 is 2.06 bits per heavy atom. The maximum absolute atomic E-state index is 11.3. The smallest absolute Gasteiger partial charge is 0.264 e. The molecule has 1 aromatic carbocycles. The van der Waals surface area contributed by atoms with Crippen molar-refractivity contribution in [1.29, 1.82) is 0 Å². The Labute approximate surface area is 118 Å². The van der Waals surface area contributed by atoms with E-state index in [4.69, 9.17) is 10.7 Å². The number of halogens is 2. The Morgan fingerprint density at radius 3 is 2.61 bits per heavy atom. The van der Waals surface area contributed by atoms with E-state index in [9.17, 15) is 8.42 Å². The largest absolute Gasteiger partial charge is 0.264 e. The zero-order chi connectivity index (χ0) is 13.3. The Balaban J connectivity index is 2.38. The van der Waals surface area contributed by atoms with E-state index in [2.05, 4.69) is 21.0 Å². The molecule has 0 aliphatic heterocycles. The number of hydrogen-bond donors (Lipinski definition) is 0. The van der Waals surface area contributed by atoms with Crippen molar-refractivity contribution in [3.8, 4) is 0 Å². The maximum Gasteiger partial charge on any atom is 0.264 e. The van der Waals surface area contributed by atoms with Gasteiger partial charge in [-0.1, -0.05) is 34.1 Å². The summed E-state index contributed by atoms with van der Waals surface area (Å²) in [5.41, 5.74) is 1.54. The van der Waals surface area contributed by atoms with Crippen LogP contribution in [0.2, 0.25) is 0 Å². The van der Waals surface area contributed by atoms with E-state index in [-0.39, 0.29) is 4.90 Å². The summed E-state index contributed by atoms with van der Waals surface area (Å²) in [6, 6.07) is 7.70. The molecule has 0 atom stereocenters. The lowest BCUT2D eigenvalue weighted by molar-refractivity contribution is 0.607. The molecule has 2 aromatic rings. The summed E-state index contributed by atoms with van der Waals surface area (Å²) >= 11 is 3.44. The molecule has 0 fully saturated rings.